The Kier molecular flexibility index (Phi) is 8.79. The van der Waals surface area contributed by atoms with E-state index < -0.39 is 17.8 Å². The van der Waals surface area contributed by atoms with Crippen molar-refractivity contribution in [2.75, 3.05) is 26.4 Å². The summed E-state index contributed by atoms with van der Waals surface area (Å²) in [5.41, 5.74) is 0.430. The lowest BCUT2D eigenvalue weighted by molar-refractivity contribution is -0.198. The van der Waals surface area contributed by atoms with E-state index in [0.717, 1.165) is 0 Å². The van der Waals surface area contributed by atoms with E-state index in [4.69, 9.17) is 14.3 Å². The maximum atomic E-state index is 11.5. The van der Waals surface area contributed by atoms with E-state index in [1.165, 1.54) is 0 Å². The van der Waals surface area contributed by atoms with Crippen LogP contribution in [0, 0.1) is 0 Å². The molecule has 25 heavy (non-hydrogen) atoms. The van der Waals surface area contributed by atoms with Crippen LogP contribution < -0.4 is 5.32 Å². The van der Waals surface area contributed by atoms with Crippen LogP contribution >= 0.6 is 0 Å². The monoisotopic (exact) mass is 356 g/mol. The number of carbonyl (C=O) groups is 4. The summed E-state index contributed by atoms with van der Waals surface area (Å²) in [6.45, 7) is 7.95. The molecule has 1 unspecified atom stereocenters. The van der Waals surface area contributed by atoms with E-state index >= 15 is 0 Å². The molecule has 1 saturated heterocycles. The van der Waals surface area contributed by atoms with Crippen molar-refractivity contribution in [1.29, 1.82) is 0 Å². The Morgan fingerprint density at radius 1 is 1.20 bits per heavy atom. The molecule has 0 bridgehead atoms. The smallest absolute Gasteiger partial charge is 0.335 e. The van der Waals surface area contributed by atoms with Gasteiger partial charge in [-0.15, -0.1) is 5.06 Å². The molecule has 1 rings (SSSR count). The minimum Gasteiger partial charge on any atom is -0.378 e. The molecular weight excluding hydrogens is 332 g/mol. The predicted octanol–water partition coefficient (Wildman–Crippen LogP) is 0.0977. The number of imide groups is 1. The van der Waals surface area contributed by atoms with Gasteiger partial charge in [0.2, 0.25) is 5.91 Å². The maximum absolute atomic E-state index is 11.5. The molecule has 1 aliphatic heterocycles. The first-order valence-corrected chi connectivity index (χ1v) is 8.01. The molecule has 140 valence electrons. The van der Waals surface area contributed by atoms with Gasteiger partial charge in [-0.3, -0.25) is 14.4 Å². The van der Waals surface area contributed by atoms with Crippen molar-refractivity contribution in [3.8, 4) is 0 Å². The van der Waals surface area contributed by atoms with Gasteiger partial charge in [-0.25, -0.2) is 4.79 Å². The first-order valence-electron chi connectivity index (χ1n) is 8.01. The summed E-state index contributed by atoms with van der Waals surface area (Å²) in [6, 6.07) is 0. The lowest BCUT2D eigenvalue weighted by Crippen LogP contribution is -2.33. The molecule has 0 aromatic carbocycles. The van der Waals surface area contributed by atoms with E-state index in [1.54, 1.807) is 13.8 Å². The van der Waals surface area contributed by atoms with Crippen molar-refractivity contribution in [2.24, 2.45) is 0 Å². The Morgan fingerprint density at radius 2 is 1.84 bits per heavy atom. The second kappa shape index (κ2) is 10.6. The normalized spacial score (nSPS) is 15.2. The highest BCUT2D eigenvalue weighted by molar-refractivity contribution is 6.01. The zero-order valence-corrected chi connectivity index (χ0v) is 14.5. The largest absolute Gasteiger partial charge is 0.378 e. The fraction of sp³-hybridized carbons (Fsp3) is 0.625. The first-order chi connectivity index (χ1) is 11.8. The third-order valence-corrected chi connectivity index (χ3v) is 3.22. The molecule has 1 heterocycles. The lowest BCUT2D eigenvalue weighted by Gasteiger charge is -2.14. The third-order valence-electron chi connectivity index (χ3n) is 3.22. The Morgan fingerprint density at radius 3 is 2.44 bits per heavy atom. The summed E-state index contributed by atoms with van der Waals surface area (Å²) in [5.74, 6) is -1.96. The number of nitrogens with one attached hydrogen (secondary N) is 1. The predicted molar refractivity (Wildman–Crippen MR) is 85.9 cm³/mol. The standard InChI is InChI=1S/C16H24N2O7/c1-11(2)16(22)17-10-12(3)24-9-8-23-7-6-15(21)25-18-13(19)4-5-14(18)20/h12H,1,4-10H2,2-3H3,(H,17,22). The fourth-order valence-electron chi connectivity index (χ4n) is 1.82. The second-order valence-corrected chi connectivity index (χ2v) is 5.58. The summed E-state index contributed by atoms with van der Waals surface area (Å²) in [6.07, 6.45) is -0.152. The number of amides is 3. The molecule has 0 spiro atoms. The number of rotatable bonds is 11. The van der Waals surface area contributed by atoms with Crippen LogP contribution in [0.5, 0.6) is 0 Å². The van der Waals surface area contributed by atoms with Crippen LogP contribution in [0.1, 0.15) is 33.1 Å². The Balaban J connectivity index is 2.03. The molecule has 1 atom stereocenters. The summed E-state index contributed by atoms with van der Waals surface area (Å²) in [7, 11) is 0. The molecule has 9 nitrogen and oxygen atoms in total. The maximum Gasteiger partial charge on any atom is 0.335 e. The Bertz CT molecular complexity index is 517. The second-order valence-electron chi connectivity index (χ2n) is 5.58. The summed E-state index contributed by atoms with van der Waals surface area (Å²) < 4.78 is 10.7. The molecule has 0 saturated carbocycles. The summed E-state index contributed by atoms with van der Waals surface area (Å²) in [5, 5.41) is 3.17. The molecular formula is C16H24N2O7. The average Bonchev–Trinajstić information content (AvgIpc) is 2.87. The van der Waals surface area contributed by atoms with Gasteiger partial charge in [0.15, 0.2) is 0 Å². The highest BCUT2D eigenvalue weighted by Gasteiger charge is 2.32. The highest BCUT2D eigenvalue weighted by Crippen LogP contribution is 2.12. The Labute approximate surface area is 146 Å². The number of hydrogen-bond acceptors (Lipinski definition) is 7. The molecule has 0 aromatic rings. The van der Waals surface area contributed by atoms with Crippen molar-refractivity contribution < 1.29 is 33.5 Å². The number of nitrogens with zero attached hydrogens (tertiary/aromatic N) is 1. The average molecular weight is 356 g/mol. The van der Waals surface area contributed by atoms with Crippen LogP contribution in [0.4, 0.5) is 0 Å². The van der Waals surface area contributed by atoms with Crippen LogP contribution in [0.2, 0.25) is 0 Å². The highest BCUT2D eigenvalue weighted by atomic mass is 16.7. The van der Waals surface area contributed by atoms with Gasteiger partial charge >= 0.3 is 5.97 Å². The van der Waals surface area contributed by atoms with Gasteiger partial charge < -0.3 is 19.6 Å². The molecule has 1 fully saturated rings. The van der Waals surface area contributed by atoms with E-state index in [9.17, 15) is 19.2 Å². The minimum absolute atomic E-state index is 0.0605. The van der Waals surface area contributed by atoms with Crippen LogP contribution in [-0.4, -0.2) is 61.2 Å². The van der Waals surface area contributed by atoms with Crippen molar-refractivity contribution in [3.63, 3.8) is 0 Å². The molecule has 9 heteroatoms. The fourth-order valence-corrected chi connectivity index (χ4v) is 1.82. The first kappa shape index (κ1) is 20.8. The SMILES string of the molecule is C=C(C)C(=O)NCC(C)OCCOCCC(=O)ON1C(=O)CCC1=O. The third kappa shape index (κ3) is 7.90. The zero-order chi connectivity index (χ0) is 18.8. The minimum atomic E-state index is -0.708. The van der Waals surface area contributed by atoms with Gasteiger partial charge in [0.25, 0.3) is 11.8 Å². The van der Waals surface area contributed by atoms with Gasteiger partial charge in [0, 0.05) is 25.0 Å². The van der Waals surface area contributed by atoms with Crippen LogP contribution in [0.25, 0.3) is 0 Å². The molecule has 0 aromatic heterocycles. The lowest BCUT2D eigenvalue weighted by atomic mass is 10.3. The van der Waals surface area contributed by atoms with E-state index in [1.807, 2.05) is 0 Å². The van der Waals surface area contributed by atoms with Crippen LogP contribution in [0.15, 0.2) is 12.2 Å². The van der Waals surface area contributed by atoms with Crippen LogP contribution in [-0.2, 0) is 33.5 Å². The van der Waals surface area contributed by atoms with Gasteiger partial charge in [0.1, 0.15) is 0 Å². The van der Waals surface area contributed by atoms with Gasteiger partial charge in [-0.2, -0.15) is 0 Å². The molecule has 0 aliphatic carbocycles. The zero-order valence-electron chi connectivity index (χ0n) is 14.5. The number of ether oxygens (including phenoxy) is 2. The van der Waals surface area contributed by atoms with Crippen molar-refractivity contribution in [1.82, 2.24) is 10.4 Å². The van der Waals surface area contributed by atoms with Crippen molar-refractivity contribution in [2.45, 2.75) is 39.2 Å². The quantitative estimate of drug-likeness (QED) is 0.317. The number of hydrogen-bond donors (Lipinski definition) is 1. The molecule has 1 aliphatic rings. The topological polar surface area (TPSA) is 111 Å². The molecule has 0 radical (unpaired) electrons. The van der Waals surface area contributed by atoms with Gasteiger partial charge in [-0.1, -0.05) is 6.58 Å². The van der Waals surface area contributed by atoms with Crippen molar-refractivity contribution >= 4 is 23.7 Å². The molecule has 3 amide bonds. The van der Waals surface area contributed by atoms with E-state index in [2.05, 4.69) is 11.9 Å². The van der Waals surface area contributed by atoms with E-state index in [-0.39, 0.29) is 44.5 Å². The number of hydroxylamine groups is 2. The molecule has 1 N–H and O–H groups in total. The van der Waals surface area contributed by atoms with Crippen LogP contribution in [0.3, 0.4) is 0 Å². The number of carbonyl (C=O) groups excluding carboxylic acids is 4. The van der Waals surface area contributed by atoms with Crippen molar-refractivity contribution in [3.05, 3.63) is 12.2 Å². The summed E-state index contributed by atoms with van der Waals surface area (Å²) >= 11 is 0. The van der Waals surface area contributed by atoms with Gasteiger partial charge in [0.05, 0.1) is 32.3 Å². The Hall–Kier alpha value is -2.26. The van der Waals surface area contributed by atoms with E-state index in [0.29, 0.717) is 23.8 Å². The van der Waals surface area contributed by atoms with Gasteiger partial charge in [-0.05, 0) is 13.8 Å². The summed E-state index contributed by atoms with van der Waals surface area (Å²) in [4.78, 5) is 50.1.